The number of halogens is 1. The molecular formula is C13H20ClN3OS. The normalized spacial score (nSPS) is 10.8. The quantitative estimate of drug-likeness (QED) is 0.786. The molecule has 0 unspecified atom stereocenters. The van der Waals surface area contributed by atoms with Crippen LogP contribution in [0, 0.1) is 0 Å². The number of aromatic nitrogens is 2. The van der Waals surface area contributed by atoms with E-state index in [-0.39, 0.29) is 17.5 Å². The Labute approximate surface area is 123 Å². The highest BCUT2D eigenvalue weighted by molar-refractivity contribution is 7.98. The molecule has 6 heteroatoms. The summed E-state index contributed by atoms with van der Waals surface area (Å²) in [6.45, 7) is 4.61. The van der Waals surface area contributed by atoms with E-state index in [1.54, 1.807) is 0 Å². The molecule has 1 amide bonds. The molecule has 0 spiro atoms. The first-order chi connectivity index (χ1) is 9.06. The zero-order valence-electron chi connectivity index (χ0n) is 11.6. The highest BCUT2D eigenvalue weighted by atomic mass is 35.5. The van der Waals surface area contributed by atoms with Gasteiger partial charge in [0.05, 0.1) is 11.2 Å². The predicted molar refractivity (Wildman–Crippen MR) is 81.1 cm³/mol. The molecule has 1 N–H and O–H groups in total. The molecule has 0 bridgehead atoms. The van der Waals surface area contributed by atoms with Crippen LogP contribution in [0.3, 0.4) is 0 Å². The molecule has 0 saturated heterocycles. The Morgan fingerprint density at radius 1 is 1.47 bits per heavy atom. The van der Waals surface area contributed by atoms with Gasteiger partial charge in [-0.25, -0.2) is 9.97 Å². The Hall–Kier alpha value is -0.810. The molecule has 1 aromatic heterocycles. The second-order valence-corrected chi connectivity index (χ2v) is 5.93. The maximum Gasteiger partial charge on any atom is 0.271 e. The summed E-state index contributed by atoms with van der Waals surface area (Å²) in [6.07, 6.45) is 5.63. The molecule has 106 valence electrons. The van der Waals surface area contributed by atoms with Crippen molar-refractivity contribution in [1.29, 1.82) is 0 Å². The van der Waals surface area contributed by atoms with Gasteiger partial charge in [0.1, 0.15) is 11.5 Å². The van der Waals surface area contributed by atoms with Crippen LogP contribution in [0.25, 0.3) is 0 Å². The zero-order valence-corrected chi connectivity index (χ0v) is 13.1. The fourth-order valence-electron chi connectivity index (χ4n) is 1.48. The number of unbranched alkanes of at least 4 members (excludes halogenated alkanes) is 1. The lowest BCUT2D eigenvalue weighted by atomic mass is 10.2. The lowest BCUT2D eigenvalue weighted by molar-refractivity contribution is 0.0948. The molecule has 0 fully saturated rings. The molecule has 0 aliphatic heterocycles. The molecule has 0 atom stereocenters. The van der Waals surface area contributed by atoms with E-state index in [0.29, 0.717) is 17.4 Å². The summed E-state index contributed by atoms with van der Waals surface area (Å²) in [6, 6.07) is 0. The summed E-state index contributed by atoms with van der Waals surface area (Å²) in [7, 11) is 0. The van der Waals surface area contributed by atoms with Gasteiger partial charge in [0.15, 0.2) is 0 Å². The fourth-order valence-corrected chi connectivity index (χ4v) is 2.14. The molecule has 1 heterocycles. The Kier molecular flexibility index (Phi) is 7.16. The third-order valence-electron chi connectivity index (χ3n) is 2.56. The van der Waals surface area contributed by atoms with Crippen molar-refractivity contribution in [3.8, 4) is 0 Å². The average Bonchev–Trinajstić information content (AvgIpc) is 2.38. The van der Waals surface area contributed by atoms with Crippen molar-refractivity contribution in [3.63, 3.8) is 0 Å². The Balaban J connectivity index is 2.58. The van der Waals surface area contributed by atoms with Gasteiger partial charge in [0.2, 0.25) is 0 Å². The van der Waals surface area contributed by atoms with E-state index in [4.69, 9.17) is 11.6 Å². The zero-order chi connectivity index (χ0) is 14.3. The van der Waals surface area contributed by atoms with Crippen molar-refractivity contribution in [2.24, 2.45) is 0 Å². The highest BCUT2D eigenvalue weighted by Crippen LogP contribution is 2.16. The second kappa shape index (κ2) is 8.38. The number of amides is 1. The van der Waals surface area contributed by atoms with Gasteiger partial charge in [-0.05, 0) is 24.9 Å². The average molecular weight is 302 g/mol. The second-order valence-electron chi connectivity index (χ2n) is 4.54. The monoisotopic (exact) mass is 301 g/mol. The van der Waals surface area contributed by atoms with Crippen molar-refractivity contribution in [2.45, 2.75) is 32.6 Å². The van der Waals surface area contributed by atoms with Crippen LogP contribution in [0.4, 0.5) is 0 Å². The van der Waals surface area contributed by atoms with Crippen LogP contribution in [-0.4, -0.2) is 34.4 Å². The number of carbonyl (C=O) groups is 1. The molecule has 0 saturated carbocycles. The minimum Gasteiger partial charge on any atom is -0.351 e. The largest absolute Gasteiger partial charge is 0.351 e. The molecule has 0 aliphatic carbocycles. The topological polar surface area (TPSA) is 54.9 Å². The van der Waals surface area contributed by atoms with Crippen LogP contribution < -0.4 is 5.32 Å². The van der Waals surface area contributed by atoms with Crippen LogP contribution in [0.1, 0.15) is 48.9 Å². The number of rotatable bonds is 7. The van der Waals surface area contributed by atoms with E-state index in [1.165, 1.54) is 6.20 Å². The maximum atomic E-state index is 12.0. The van der Waals surface area contributed by atoms with Crippen LogP contribution in [-0.2, 0) is 0 Å². The van der Waals surface area contributed by atoms with Crippen molar-refractivity contribution < 1.29 is 4.79 Å². The molecule has 4 nitrogen and oxygen atoms in total. The smallest absolute Gasteiger partial charge is 0.271 e. The van der Waals surface area contributed by atoms with Crippen LogP contribution in [0.2, 0.25) is 5.02 Å². The highest BCUT2D eigenvalue weighted by Gasteiger charge is 2.14. The molecular weight excluding hydrogens is 282 g/mol. The third kappa shape index (κ3) is 5.37. The predicted octanol–water partition coefficient (Wildman–Crippen LogP) is 3.13. The van der Waals surface area contributed by atoms with Crippen molar-refractivity contribution in [3.05, 3.63) is 22.7 Å². The summed E-state index contributed by atoms with van der Waals surface area (Å²) >= 11 is 7.78. The molecule has 0 radical (unpaired) electrons. The Morgan fingerprint density at radius 3 is 2.84 bits per heavy atom. The lowest BCUT2D eigenvalue weighted by Crippen LogP contribution is -2.26. The van der Waals surface area contributed by atoms with E-state index in [0.717, 1.165) is 18.6 Å². The van der Waals surface area contributed by atoms with E-state index in [9.17, 15) is 4.79 Å². The summed E-state index contributed by atoms with van der Waals surface area (Å²) in [4.78, 5) is 20.3. The van der Waals surface area contributed by atoms with Gasteiger partial charge in [-0.1, -0.05) is 25.4 Å². The number of thioether (sulfide) groups is 1. The van der Waals surface area contributed by atoms with Crippen LogP contribution in [0.15, 0.2) is 6.20 Å². The molecule has 1 rings (SSSR count). The number of hydrogen-bond acceptors (Lipinski definition) is 4. The van der Waals surface area contributed by atoms with Gasteiger partial charge < -0.3 is 5.32 Å². The fraction of sp³-hybridized carbons (Fsp3) is 0.615. The van der Waals surface area contributed by atoms with E-state index in [2.05, 4.69) is 21.5 Å². The SMILES string of the molecule is CSCCCCNC(=O)c1nc(C(C)C)ncc1Cl. The molecule has 19 heavy (non-hydrogen) atoms. The summed E-state index contributed by atoms with van der Waals surface area (Å²) < 4.78 is 0. The summed E-state index contributed by atoms with van der Waals surface area (Å²) in [5, 5.41) is 3.14. The first-order valence-electron chi connectivity index (χ1n) is 6.35. The third-order valence-corrected chi connectivity index (χ3v) is 3.53. The molecule has 1 aromatic rings. The van der Waals surface area contributed by atoms with Crippen molar-refractivity contribution >= 4 is 29.3 Å². The van der Waals surface area contributed by atoms with E-state index >= 15 is 0 Å². The van der Waals surface area contributed by atoms with Gasteiger partial charge in [-0.2, -0.15) is 11.8 Å². The number of nitrogens with zero attached hydrogens (tertiary/aromatic N) is 2. The first kappa shape index (κ1) is 16.2. The van der Waals surface area contributed by atoms with Gasteiger partial charge in [-0.15, -0.1) is 0 Å². The van der Waals surface area contributed by atoms with Crippen molar-refractivity contribution in [1.82, 2.24) is 15.3 Å². The Bertz CT molecular complexity index is 426. The lowest BCUT2D eigenvalue weighted by Gasteiger charge is -2.08. The van der Waals surface area contributed by atoms with Gasteiger partial charge in [0, 0.05) is 12.5 Å². The molecule has 0 aromatic carbocycles. The maximum absolute atomic E-state index is 12.0. The van der Waals surface area contributed by atoms with Gasteiger partial charge in [-0.3, -0.25) is 4.79 Å². The first-order valence-corrected chi connectivity index (χ1v) is 8.13. The van der Waals surface area contributed by atoms with Crippen LogP contribution >= 0.6 is 23.4 Å². The minimum atomic E-state index is -0.224. The van der Waals surface area contributed by atoms with E-state index in [1.807, 2.05) is 25.6 Å². The van der Waals surface area contributed by atoms with E-state index < -0.39 is 0 Å². The van der Waals surface area contributed by atoms with Crippen LogP contribution in [0.5, 0.6) is 0 Å². The number of nitrogens with one attached hydrogen (secondary N) is 1. The minimum absolute atomic E-state index is 0.172. The standard InChI is InChI=1S/C13H20ClN3OS/c1-9(2)12-16-8-10(14)11(17-12)13(18)15-6-4-5-7-19-3/h8-9H,4-7H2,1-3H3,(H,15,18). The summed E-state index contributed by atoms with van der Waals surface area (Å²) in [5.41, 5.74) is 0.269. The van der Waals surface area contributed by atoms with Crippen molar-refractivity contribution in [2.75, 3.05) is 18.6 Å². The Morgan fingerprint density at radius 2 is 2.21 bits per heavy atom. The molecule has 0 aliphatic rings. The number of carbonyl (C=O) groups excluding carboxylic acids is 1. The van der Waals surface area contributed by atoms with Gasteiger partial charge in [0.25, 0.3) is 5.91 Å². The number of hydrogen-bond donors (Lipinski definition) is 1. The van der Waals surface area contributed by atoms with Gasteiger partial charge >= 0.3 is 0 Å². The summed E-state index contributed by atoms with van der Waals surface area (Å²) in [5.74, 6) is 1.70.